The van der Waals surface area contributed by atoms with Gasteiger partial charge in [0.05, 0.1) is 6.54 Å². The van der Waals surface area contributed by atoms with E-state index >= 15 is 0 Å². The van der Waals surface area contributed by atoms with Crippen molar-refractivity contribution in [2.75, 3.05) is 7.05 Å². The zero-order valence-electron chi connectivity index (χ0n) is 11.1. The smallest absolute Gasteiger partial charge is 0.142 e. The SMILES string of the molecule is CCc1c(CNC)oc2c1cc(Cl)c1ccccc12. The Kier molecular flexibility index (Phi) is 3.21. The van der Waals surface area contributed by atoms with Crippen LogP contribution < -0.4 is 5.32 Å². The summed E-state index contributed by atoms with van der Waals surface area (Å²) in [6.07, 6.45) is 0.943. The normalized spacial score (nSPS) is 11.5. The second kappa shape index (κ2) is 4.87. The van der Waals surface area contributed by atoms with Crippen molar-refractivity contribution in [3.05, 3.63) is 46.7 Å². The zero-order valence-corrected chi connectivity index (χ0v) is 11.8. The van der Waals surface area contributed by atoms with Gasteiger partial charge in [-0.05, 0) is 19.5 Å². The molecule has 1 N–H and O–H groups in total. The van der Waals surface area contributed by atoms with E-state index in [0.717, 1.165) is 45.5 Å². The Morgan fingerprint density at radius 1 is 1.16 bits per heavy atom. The van der Waals surface area contributed by atoms with Crippen molar-refractivity contribution >= 4 is 33.3 Å². The summed E-state index contributed by atoms with van der Waals surface area (Å²) in [5, 5.41) is 7.21. The number of nitrogens with one attached hydrogen (secondary N) is 1. The van der Waals surface area contributed by atoms with Gasteiger partial charge in [0.15, 0.2) is 0 Å². The third-order valence-electron chi connectivity index (χ3n) is 3.52. The lowest BCUT2D eigenvalue weighted by Crippen LogP contribution is -2.05. The molecule has 98 valence electrons. The number of rotatable bonds is 3. The van der Waals surface area contributed by atoms with E-state index < -0.39 is 0 Å². The second-order valence-corrected chi connectivity index (χ2v) is 5.08. The summed E-state index contributed by atoms with van der Waals surface area (Å²) in [5.41, 5.74) is 2.19. The van der Waals surface area contributed by atoms with Crippen molar-refractivity contribution in [1.82, 2.24) is 5.32 Å². The quantitative estimate of drug-likeness (QED) is 0.759. The molecule has 3 rings (SSSR count). The molecule has 0 spiro atoms. The maximum atomic E-state index is 6.39. The van der Waals surface area contributed by atoms with Gasteiger partial charge in [-0.25, -0.2) is 0 Å². The first-order chi connectivity index (χ1) is 9.26. The highest BCUT2D eigenvalue weighted by Gasteiger charge is 2.16. The Labute approximate surface area is 117 Å². The van der Waals surface area contributed by atoms with E-state index in [-0.39, 0.29) is 0 Å². The van der Waals surface area contributed by atoms with Crippen LogP contribution in [0, 0.1) is 0 Å². The molecule has 2 nitrogen and oxygen atoms in total. The summed E-state index contributed by atoms with van der Waals surface area (Å²) >= 11 is 6.39. The molecule has 0 aliphatic carbocycles. The highest BCUT2D eigenvalue weighted by molar-refractivity contribution is 6.37. The van der Waals surface area contributed by atoms with Gasteiger partial charge in [-0.3, -0.25) is 0 Å². The topological polar surface area (TPSA) is 25.2 Å². The first-order valence-electron chi connectivity index (χ1n) is 6.52. The van der Waals surface area contributed by atoms with Gasteiger partial charge in [0, 0.05) is 26.7 Å². The highest BCUT2D eigenvalue weighted by Crippen LogP contribution is 2.36. The van der Waals surface area contributed by atoms with Gasteiger partial charge in [-0.2, -0.15) is 0 Å². The monoisotopic (exact) mass is 273 g/mol. The van der Waals surface area contributed by atoms with Crippen LogP contribution in [0.4, 0.5) is 0 Å². The fraction of sp³-hybridized carbons (Fsp3) is 0.250. The third-order valence-corrected chi connectivity index (χ3v) is 3.84. The summed E-state index contributed by atoms with van der Waals surface area (Å²) in [5.74, 6) is 1.01. The molecule has 0 aliphatic heterocycles. The Bertz CT molecular complexity index is 745. The van der Waals surface area contributed by atoms with Crippen LogP contribution in [0.3, 0.4) is 0 Å². The maximum absolute atomic E-state index is 6.39. The van der Waals surface area contributed by atoms with Crippen molar-refractivity contribution < 1.29 is 4.42 Å². The molecule has 3 heteroatoms. The van der Waals surface area contributed by atoms with Crippen molar-refractivity contribution in [2.45, 2.75) is 19.9 Å². The molecule has 3 aromatic rings. The van der Waals surface area contributed by atoms with Crippen LogP contribution in [0.1, 0.15) is 18.2 Å². The Balaban J connectivity index is 2.43. The van der Waals surface area contributed by atoms with E-state index in [1.807, 2.05) is 31.3 Å². The van der Waals surface area contributed by atoms with Crippen LogP contribution in [0.2, 0.25) is 5.02 Å². The van der Waals surface area contributed by atoms with Crippen molar-refractivity contribution in [2.24, 2.45) is 0 Å². The Morgan fingerprint density at radius 2 is 1.89 bits per heavy atom. The lowest BCUT2D eigenvalue weighted by molar-refractivity contribution is 0.527. The molecular formula is C16H16ClNO. The minimum atomic E-state index is 0.740. The molecule has 0 fully saturated rings. The Morgan fingerprint density at radius 3 is 2.58 bits per heavy atom. The van der Waals surface area contributed by atoms with Crippen molar-refractivity contribution in [3.63, 3.8) is 0 Å². The van der Waals surface area contributed by atoms with Gasteiger partial charge in [-0.15, -0.1) is 0 Å². The predicted octanol–water partition coefficient (Wildman–Crippen LogP) is 4.52. The summed E-state index contributed by atoms with van der Waals surface area (Å²) in [6, 6.07) is 10.1. The number of benzene rings is 2. The van der Waals surface area contributed by atoms with Crippen LogP contribution in [0.15, 0.2) is 34.7 Å². The highest BCUT2D eigenvalue weighted by atomic mass is 35.5. The van der Waals surface area contributed by atoms with Gasteiger partial charge < -0.3 is 9.73 Å². The van der Waals surface area contributed by atoms with Gasteiger partial charge >= 0.3 is 0 Å². The Hall–Kier alpha value is -1.51. The number of hydrogen-bond acceptors (Lipinski definition) is 2. The third kappa shape index (κ3) is 1.92. The predicted molar refractivity (Wildman–Crippen MR) is 80.9 cm³/mol. The van der Waals surface area contributed by atoms with E-state index in [9.17, 15) is 0 Å². The summed E-state index contributed by atoms with van der Waals surface area (Å²) in [6.45, 7) is 2.89. The lowest BCUT2D eigenvalue weighted by Gasteiger charge is -2.01. The summed E-state index contributed by atoms with van der Waals surface area (Å²) in [4.78, 5) is 0. The maximum Gasteiger partial charge on any atom is 0.142 e. The first-order valence-corrected chi connectivity index (χ1v) is 6.90. The number of fused-ring (bicyclic) bond motifs is 3. The summed E-state index contributed by atoms with van der Waals surface area (Å²) in [7, 11) is 1.93. The van der Waals surface area contributed by atoms with Crippen LogP contribution >= 0.6 is 11.6 Å². The van der Waals surface area contributed by atoms with Crippen LogP contribution in [0.5, 0.6) is 0 Å². The molecule has 1 heterocycles. The number of aryl methyl sites for hydroxylation is 1. The van der Waals surface area contributed by atoms with Crippen molar-refractivity contribution in [3.8, 4) is 0 Å². The molecule has 0 aliphatic rings. The molecule has 0 saturated heterocycles. The molecule has 2 aromatic carbocycles. The molecule has 0 atom stereocenters. The zero-order chi connectivity index (χ0) is 13.4. The molecule has 0 radical (unpaired) electrons. The standard InChI is InChI=1S/C16H16ClNO/c1-3-10-13-8-14(17)11-6-4-5-7-12(11)16(13)19-15(10)9-18-2/h4-8,18H,3,9H2,1-2H3. The fourth-order valence-corrected chi connectivity index (χ4v) is 2.94. The molecule has 1 aromatic heterocycles. The molecule has 0 saturated carbocycles. The number of hydrogen-bond donors (Lipinski definition) is 1. The largest absolute Gasteiger partial charge is 0.459 e. The average molecular weight is 274 g/mol. The van der Waals surface area contributed by atoms with Gasteiger partial charge in [0.1, 0.15) is 11.3 Å². The van der Waals surface area contributed by atoms with Crippen LogP contribution in [-0.2, 0) is 13.0 Å². The van der Waals surface area contributed by atoms with Gasteiger partial charge in [0.25, 0.3) is 0 Å². The molecule has 0 amide bonds. The molecular weight excluding hydrogens is 258 g/mol. The number of furan rings is 1. The van der Waals surface area contributed by atoms with Crippen molar-refractivity contribution in [1.29, 1.82) is 0 Å². The van der Waals surface area contributed by atoms with E-state index in [0.29, 0.717) is 0 Å². The molecule has 0 unspecified atom stereocenters. The molecule has 19 heavy (non-hydrogen) atoms. The van der Waals surface area contributed by atoms with E-state index in [4.69, 9.17) is 16.0 Å². The van der Waals surface area contributed by atoms with Crippen LogP contribution in [-0.4, -0.2) is 7.05 Å². The summed E-state index contributed by atoms with van der Waals surface area (Å²) < 4.78 is 6.08. The minimum absolute atomic E-state index is 0.740. The average Bonchev–Trinajstić information content (AvgIpc) is 2.77. The van der Waals surface area contributed by atoms with E-state index in [1.54, 1.807) is 0 Å². The van der Waals surface area contributed by atoms with Crippen LogP contribution in [0.25, 0.3) is 21.7 Å². The van der Waals surface area contributed by atoms with Gasteiger partial charge in [0.2, 0.25) is 0 Å². The second-order valence-electron chi connectivity index (χ2n) is 4.67. The van der Waals surface area contributed by atoms with E-state index in [2.05, 4.69) is 18.3 Å². The fourth-order valence-electron chi connectivity index (χ4n) is 2.66. The van der Waals surface area contributed by atoms with Gasteiger partial charge in [-0.1, -0.05) is 42.8 Å². The first kappa shape index (κ1) is 12.5. The van der Waals surface area contributed by atoms with E-state index in [1.165, 1.54) is 5.56 Å². The lowest BCUT2D eigenvalue weighted by atomic mass is 10.0. The number of halogens is 1. The molecule has 0 bridgehead atoms. The minimum Gasteiger partial charge on any atom is -0.459 e.